The third kappa shape index (κ3) is 5.81. The van der Waals surface area contributed by atoms with Gasteiger partial charge in [0, 0.05) is 17.7 Å². The van der Waals surface area contributed by atoms with Crippen molar-refractivity contribution in [1.29, 1.82) is 0 Å². The molecule has 0 spiro atoms. The smallest absolute Gasteiger partial charge is 0.257 e. The van der Waals surface area contributed by atoms with Crippen LogP contribution in [-0.4, -0.2) is 22.6 Å². The summed E-state index contributed by atoms with van der Waals surface area (Å²) in [6.07, 6.45) is 1.55. The minimum atomic E-state index is -0.306. The maximum absolute atomic E-state index is 12.5. The number of thiocarbonyl (C=S) groups is 1. The highest BCUT2D eigenvalue weighted by Gasteiger charge is 2.12. The Bertz CT molecular complexity index is 1340. The Hall–Kier alpha value is -3.23. The second-order valence-corrected chi connectivity index (χ2v) is 8.89. The molecule has 1 heterocycles. The largest absolute Gasteiger partial charge is 0.493 e. The maximum Gasteiger partial charge on any atom is 0.257 e. The SMILES string of the molecule is CCOc1ccc(C(=O)NC(=S)Nc2ccc(Cc3nc4cc(CC)ccc4o3)cc2)cc1Br. The second-order valence-electron chi connectivity index (χ2n) is 7.62. The number of nitrogens with one attached hydrogen (secondary N) is 2. The number of oxazole rings is 1. The van der Waals surface area contributed by atoms with Gasteiger partial charge in [-0.1, -0.05) is 25.1 Å². The first-order valence-electron chi connectivity index (χ1n) is 11.0. The number of amides is 1. The number of ether oxygens (including phenoxy) is 1. The molecule has 0 unspecified atom stereocenters. The number of carbonyl (C=O) groups is 1. The summed E-state index contributed by atoms with van der Waals surface area (Å²) in [7, 11) is 0. The fraction of sp³-hybridized carbons (Fsp3) is 0.192. The number of aryl methyl sites for hydroxylation is 1. The number of rotatable bonds is 7. The third-order valence-corrected chi connectivity index (χ3v) is 6.02. The van der Waals surface area contributed by atoms with Crippen LogP contribution in [0.1, 0.15) is 41.2 Å². The number of halogens is 1. The number of benzene rings is 3. The van der Waals surface area contributed by atoms with Crippen molar-refractivity contribution >= 4 is 56.0 Å². The number of fused-ring (bicyclic) bond motifs is 1. The molecule has 0 aliphatic carbocycles. The lowest BCUT2D eigenvalue weighted by molar-refractivity contribution is 0.0977. The highest BCUT2D eigenvalue weighted by Crippen LogP contribution is 2.26. The summed E-state index contributed by atoms with van der Waals surface area (Å²) in [5.41, 5.74) is 5.22. The first kappa shape index (κ1) is 23.9. The molecule has 1 aromatic heterocycles. The summed E-state index contributed by atoms with van der Waals surface area (Å²) in [5, 5.41) is 5.95. The number of nitrogens with zero attached hydrogens (tertiary/aromatic N) is 1. The molecule has 34 heavy (non-hydrogen) atoms. The molecule has 0 fully saturated rings. The average Bonchev–Trinajstić information content (AvgIpc) is 3.23. The van der Waals surface area contributed by atoms with E-state index in [0.717, 1.165) is 28.8 Å². The van der Waals surface area contributed by atoms with Gasteiger partial charge in [-0.05, 0) is 95.1 Å². The van der Waals surface area contributed by atoms with Crippen LogP contribution in [0.3, 0.4) is 0 Å². The summed E-state index contributed by atoms with van der Waals surface area (Å²) in [6.45, 7) is 4.57. The predicted octanol–water partition coefficient (Wildman–Crippen LogP) is 6.27. The average molecular weight is 538 g/mol. The standard InChI is InChI=1S/C26H24BrN3O3S/c1-3-16-7-11-23-21(13-16)29-24(33-23)14-17-5-9-19(10-6-17)28-26(34)30-25(31)18-8-12-22(32-4-2)20(27)15-18/h5-13,15H,3-4,14H2,1-2H3,(H2,28,30,31,34). The van der Waals surface area contributed by atoms with E-state index in [4.69, 9.17) is 21.4 Å². The van der Waals surface area contributed by atoms with E-state index in [2.05, 4.69) is 50.6 Å². The van der Waals surface area contributed by atoms with E-state index in [9.17, 15) is 4.79 Å². The van der Waals surface area contributed by atoms with Gasteiger partial charge in [0.1, 0.15) is 11.3 Å². The van der Waals surface area contributed by atoms with E-state index in [1.807, 2.05) is 37.3 Å². The van der Waals surface area contributed by atoms with Gasteiger partial charge in [-0.25, -0.2) is 4.98 Å². The molecule has 4 aromatic rings. The molecule has 0 aliphatic rings. The van der Waals surface area contributed by atoms with Crippen molar-refractivity contribution in [3.8, 4) is 5.75 Å². The number of anilines is 1. The van der Waals surface area contributed by atoms with Gasteiger partial charge in [-0.3, -0.25) is 10.1 Å². The van der Waals surface area contributed by atoms with Gasteiger partial charge in [-0.2, -0.15) is 0 Å². The molecule has 3 aromatic carbocycles. The molecule has 2 N–H and O–H groups in total. The molecule has 4 rings (SSSR count). The summed E-state index contributed by atoms with van der Waals surface area (Å²) < 4.78 is 12.1. The summed E-state index contributed by atoms with van der Waals surface area (Å²) in [6, 6.07) is 19.0. The Labute approximate surface area is 211 Å². The zero-order valence-electron chi connectivity index (χ0n) is 18.9. The summed E-state index contributed by atoms with van der Waals surface area (Å²) >= 11 is 8.72. The molecule has 0 aliphatic heterocycles. The fourth-order valence-corrected chi connectivity index (χ4v) is 4.15. The highest BCUT2D eigenvalue weighted by molar-refractivity contribution is 9.10. The van der Waals surface area contributed by atoms with Crippen molar-refractivity contribution < 1.29 is 13.9 Å². The van der Waals surface area contributed by atoms with Crippen molar-refractivity contribution in [3.05, 3.63) is 87.7 Å². The fourth-order valence-electron chi connectivity index (χ4n) is 3.45. The van der Waals surface area contributed by atoms with E-state index in [1.165, 1.54) is 5.56 Å². The lowest BCUT2D eigenvalue weighted by Gasteiger charge is -2.11. The van der Waals surface area contributed by atoms with E-state index in [-0.39, 0.29) is 11.0 Å². The second kappa shape index (κ2) is 10.8. The number of carbonyl (C=O) groups excluding carboxylic acids is 1. The Kier molecular flexibility index (Phi) is 7.59. The maximum atomic E-state index is 12.5. The molecule has 6 nitrogen and oxygen atoms in total. The Morgan fingerprint density at radius 2 is 1.82 bits per heavy atom. The quantitative estimate of drug-likeness (QED) is 0.270. The Morgan fingerprint density at radius 3 is 2.53 bits per heavy atom. The van der Waals surface area contributed by atoms with E-state index in [1.54, 1.807) is 18.2 Å². The van der Waals surface area contributed by atoms with Gasteiger partial charge in [-0.15, -0.1) is 0 Å². The monoisotopic (exact) mass is 537 g/mol. The summed E-state index contributed by atoms with van der Waals surface area (Å²) in [5.74, 6) is 1.05. The van der Waals surface area contributed by atoms with E-state index >= 15 is 0 Å². The molecule has 174 valence electrons. The van der Waals surface area contributed by atoms with Crippen LogP contribution in [0.5, 0.6) is 5.75 Å². The van der Waals surface area contributed by atoms with Crippen LogP contribution in [0.15, 0.2) is 69.6 Å². The van der Waals surface area contributed by atoms with Crippen molar-refractivity contribution in [3.63, 3.8) is 0 Å². The van der Waals surface area contributed by atoms with Crippen LogP contribution in [0.4, 0.5) is 5.69 Å². The van der Waals surface area contributed by atoms with Gasteiger partial charge in [0.05, 0.1) is 11.1 Å². The molecular weight excluding hydrogens is 514 g/mol. The first-order valence-corrected chi connectivity index (χ1v) is 12.2. The van der Waals surface area contributed by atoms with Crippen LogP contribution in [0.2, 0.25) is 0 Å². The van der Waals surface area contributed by atoms with Crippen LogP contribution in [0, 0.1) is 0 Å². The highest BCUT2D eigenvalue weighted by atomic mass is 79.9. The van der Waals surface area contributed by atoms with Gasteiger partial charge in [0.25, 0.3) is 5.91 Å². The molecule has 0 saturated carbocycles. The topological polar surface area (TPSA) is 76.4 Å². The zero-order chi connectivity index (χ0) is 24.1. The van der Waals surface area contributed by atoms with E-state index < -0.39 is 0 Å². The van der Waals surface area contributed by atoms with Crippen LogP contribution in [0.25, 0.3) is 11.1 Å². The minimum Gasteiger partial charge on any atom is -0.493 e. The van der Waals surface area contributed by atoms with Gasteiger partial charge in [0.2, 0.25) is 0 Å². The van der Waals surface area contributed by atoms with Crippen molar-refractivity contribution in [2.45, 2.75) is 26.7 Å². The molecule has 1 amide bonds. The molecule has 0 atom stereocenters. The number of aromatic nitrogens is 1. The molecule has 0 radical (unpaired) electrons. The third-order valence-electron chi connectivity index (χ3n) is 5.19. The first-order chi connectivity index (χ1) is 16.4. The lowest BCUT2D eigenvalue weighted by atomic mass is 10.1. The summed E-state index contributed by atoms with van der Waals surface area (Å²) in [4.78, 5) is 17.1. The normalized spacial score (nSPS) is 10.8. The minimum absolute atomic E-state index is 0.216. The van der Waals surface area contributed by atoms with Crippen LogP contribution >= 0.6 is 28.1 Å². The van der Waals surface area contributed by atoms with Gasteiger partial charge >= 0.3 is 0 Å². The zero-order valence-corrected chi connectivity index (χ0v) is 21.3. The molecular formula is C26H24BrN3O3S. The van der Waals surface area contributed by atoms with Crippen LogP contribution < -0.4 is 15.4 Å². The van der Waals surface area contributed by atoms with Crippen molar-refractivity contribution in [2.75, 3.05) is 11.9 Å². The lowest BCUT2D eigenvalue weighted by Crippen LogP contribution is -2.34. The van der Waals surface area contributed by atoms with Gasteiger partial charge in [0.15, 0.2) is 16.6 Å². The van der Waals surface area contributed by atoms with Crippen molar-refractivity contribution in [1.82, 2.24) is 10.3 Å². The Morgan fingerprint density at radius 1 is 1.06 bits per heavy atom. The van der Waals surface area contributed by atoms with Gasteiger partial charge < -0.3 is 14.5 Å². The van der Waals surface area contributed by atoms with Crippen LogP contribution in [-0.2, 0) is 12.8 Å². The number of hydrogen-bond acceptors (Lipinski definition) is 5. The molecule has 0 saturated heterocycles. The van der Waals surface area contributed by atoms with E-state index in [0.29, 0.717) is 34.7 Å². The number of hydrogen-bond donors (Lipinski definition) is 2. The molecule has 8 heteroatoms. The Balaban J connectivity index is 1.34. The molecule has 0 bridgehead atoms. The predicted molar refractivity (Wildman–Crippen MR) is 142 cm³/mol. The van der Waals surface area contributed by atoms with Crippen molar-refractivity contribution in [2.24, 2.45) is 0 Å².